The van der Waals surface area contributed by atoms with Crippen molar-refractivity contribution in [2.24, 2.45) is 0 Å². The predicted octanol–water partition coefficient (Wildman–Crippen LogP) is 1.50. The van der Waals surface area contributed by atoms with Crippen molar-refractivity contribution in [3.8, 4) is 11.3 Å². The average Bonchev–Trinajstić information content (AvgIpc) is 2.75. The molecule has 2 rings (SSSR count). The van der Waals surface area contributed by atoms with Crippen LogP contribution in [0.15, 0.2) is 36.5 Å². The van der Waals surface area contributed by atoms with Crippen LogP contribution in [0.25, 0.3) is 11.3 Å². The highest BCUT2D eigenvalue weighted by Gasteiger charge is 2.28. The zero-order valence-electron chi connectivity index (χ0n) is 8.39. The van der Waals surface area contributed by atoms with Crippen LogP contribution in [0.1, 0.15) is 0 Å². The van der Waals surface area contributed by atoms with Crippen molar-refractivity contribution in [2.45, 2.75) is 0 Å². The normalized spacial score (nSPS) is 10.1. The first-order chi connectivity index (χ1) is 8.09. The van der Waals surface area contributed by atoms with Crippen molar-refractivity contribution in [3.05, 3.63) is 56.8 Å². The van der Waals surface area contributed by atoms with Gasteiger partial charge in [-0.3, -0.25) is 10.1 Å². The molecule has 8 nitrogen and oxygen atoms in total. The van der Waals surface area contributed by atoms with Gasteiger partial charge in [0.25, 0.3) is 5.69 Å². The second-order valence-corrected chi connectivity index (χ2v) is 3.14. The van der Waals surface area contributed by atoms with E-state index in [9.17, 15) is 20.2 Å². The molecule has 0 saturated carbocycles. The van der Waals surface area contributed by atoms with Crippen LogP contribution in [0, 0.1) is 20.2 Å². The summed E-state index contributed by atoms with van der Waals surface area (Å²) < 4.78 is 0. The van der Waals surface area contributed by atoms with Gasteiger partial charge in [-0.05, 0) is 0 Å². The van der Waals surface area contributed by atoms with Gasteiger partial charge in [0.1, 0.15) is 0 Å². The molecule has 0 amide bonds. The van der Waals surface area contributed by atoms with Crippen LogP contribution >= 0.6 is 0 Å². The number of rotatable bonds is 3. The van der Waals surface area contributed by atoms with E-state index >= 15 is 0 Å². The van der Waals surface area contributed by atoms with E-state index in [1.807, 2.05) is 0 Å². The van der Waals surface area contributed by atoms with Crippen molar-refractivity contribution >= 4 is 5.69 Å². The second-order valence-electron chi connectivity index (χ2n) is 3.14. The first-order valence-corrected chi connectivity index (χ1v) is 4.54. The summed E-state index contributed by atoms with van der Waals surface area (Å²) in [5.41, 5.74) is 0.0417. The van der Waals surface area contributed by atoms with E-state index in [1.54, 1.807) is 30.3 Å². The Bertz CT molecular complexity index is 578. The summed E-state index contributed by atoms with van der Waals surface area (Å²) in [5, 5.41) is 24.0. The Balaban J connectivity index is 2.60. The Hall–Kier alpha value is -2.77. The lowest BCUT2D eigenvalue weighted by Crippen LogP contribution is -2.08. The van der Waals surface area contributed by atoms with Gasteiger partial charge in [0.05, 0.1) is 15.1 Å². The molecule has 8 heteroatoms. The minimum absolute atomic E-state index is 0.0210. The van der Waals surface area contributed by atoms with Gasteiger partial charge in [-0.15, -0.1) is 0 Å². The fourth-order valence-electron chi connectivity index (χ4n) is 1.37. The lowest BCUT2D eigenvalue weighted by Gasteiger charge is -1.90. The molecule has 0 N–H and O–H groups in total. The van der Waals surface area contributed by atoms with Gasteiger partial charge < -0.3 is 10.1 Å². The Morgan fingerprint density at radius 1 is 1.12 bits per heavy atom. The highest BCUT2D eigenvalue weighted by molar-refractivity contribution is 5.68. The van der Waals surface area contributed by atoms with Crippen LogP contribution < -0.4 is 0 Å². The zero-order chi connectivity index (χ0) is 12.4. The third-order valence-electron chi connectivity index (χ3n) is 2.09. The molecule has 2 aromatic rings. The standard InChI is InChI=1S/C9H6N4O4/c14-12(15)8-6-11(13(16)17)10-9(8)7-4-2-1-3-5-7/h1-6H. The molecule has 0 aliphatic heterocycles. The fourth-order valence-corrected chi connectivity index (χ4v) is 1.37. The van der Waals surface area contributed by atoms with Crippen LogP contribution in [0.3, 0.4) is 0 Å². The quantitative estimate of drug-likeness (QED) is 0.591. The van der Waals surface area contributed by atoms with Crippen molar-refractivity contribution in [1.82, 2.24) is 9.89 Å². The topological polar surface area (TPSA) is 104 Å². The molecule has 1 aromatic heterocycles. The number of aromatic nitrogens is 2. The smallest absolute Gasteiger partial charge is 0.339 e. The molecule has 0 atom stereocenters. The highest BCUT2D eigenvalue weighted by Crippen LogP contribution is 2.27. The van der Waals surface area contributed by atoms with Crippen LogP contribution in [0.2, 0.25) is 0 Å². The first-order valence-electron chi connectivity index (χ1n) is 4.54. The highest BCUT2D eigenvalue weighted by atomic mass is 16.7. The van der Waals surface area contributed by atoms with Crippen molar-refractivity contribution in [2.75, 3.05) is 0 Å². The van der Waals surface area contributed by atoms with Crippen LogP contribution in [0.4, 0.5) is 5.69 Å². The number of benzene rings is 1. The van der Waals surface area contributed by atoms with Crippen molar-refractivity contribution in [3.63, 3.8) is 0 Å². The maximum absolute atomic E-state index is 10.8. The molecule has 86 valence electrons. The molecule has 1 heterocycles. The maximum atomic E-state index is 10.8. The van der Waals surface area contributed by atoms with Crippen molar-refractivity contribution < 1.29 is 9.96 Å². The summed E-state index contributed by atoms with van der Waals surface area (Å²) in [6.07, 6.45) is 0.780. The van der Waals surface area contributed by atoms with E-state index in [2.05, 4.69) is 5.10 Å². The third kappa shape index (κ3) is 1.95. The maximum Gasteiger partial charge on any atom is 0.347 e. The Kier molecular flexibility index (Phi) is 2.53. The van der Waals surface area contributed by atoms with E-state index in [-0.39, 0.29) is 5.69 Å². The van der Waals surface area contributed by atoms with Crippen molar-refractivity contribution in [1.29, 1.82) is 0 Å². The molecular weight excluding hydrogens is 228 g/mol. The molecular formula is C9H6N4O4. The SMILES string of the molecule is O=[N+]([O-])c1cn([N+](=O)[O-])nc1-c1ccccc1. The van der Waals surface area contributed by atoms with E-state index in [0.717, 1.165) is 6.20 Å². The molecule has 17 heavy (non-hydrogen) atoms. The van der Waals surface area contributed by atoms with Gasteiger partial charge >= 0.3 is 5.69 Å². The van der Waals surface area contributed by atoms with E-state index in [1.165, 1.54) is 0 Å². The summed E-state index contributed by atoms with van der Waals surface area (Å²) in [4.78, 5) is 20.9. The number of hydrogen-bond donors (Lipinski definition) is 0. The summed E-state index contributed by atoms with van der Waals surface area (Å²) in [6.45, 7) is 0. The summed E-state index contributed by atoms with van der Waals surface area (Å²) >= 11 is 0. The summed E-state index contributed by atoms with van der Waals surface area (Å²) in [7, 11) is 0. The average molecular weight is 234 g/mol. The Morgan fingerprint density at radius 3 is 2.29 bits per heavy atom. The monoisotopic (exact) mass is 234 g/mol. The fraction of sp³-hybridized carbons (Fsp3) is 0. The molecule has 0 spiro atoms. The Labute approximate surface area is 94.4 Å². The molecule has 0 unspecified atom stereocenters. The second kappa shape index (κ2) is 4.00. The van der Waals surface area contributed by atoms with E-state index in [4.69, 9.17) is 0 Å². The van der Waals surface area contributed by atoms with Gasteiger partial charge in [0.2, 0.25) is 0 Å². The minimum Gasteiger partial charge on any atom is -0.339 e. The third-order valence-corrected chi connectivity index (χ3v) is 2.09. The number of nitrogens with zero attached hydrogens (tertiary/aromatic N) is 4. The first kappa shape index (κ1) is 10.7. The lowest BCUT2D eigenvalue weighted by atomic mass is 10.1. The van der Waals surface area contributed by atoms with Crippen LogP contribution in [0.5, 0.6) is 0 Å². The molecule has 0 radical (unpaired) electrons. The molecule has 0 fully saturated rings. The van der Waals surface area contributed by atoms with E-state index < -0.39 is 15.6 Å². The molecule has 1 aromatic carbocycles. The van der Waals surface area contributed by atoms with E-state index in [0.29, 0.717) is 10.4 Å². The van der Waals surface area contributed by atoms with Gasteiger partial charge in [-0.25, -0.2) is 0 Å². The van der Waals surface area contributed by atoms with Gasteiger partial charge in [-0.2, -0.15) is 0 Å². The number of nitro groups is 2. The Morgan fingerprint density at radius 2 is 1.76 bits per heavy atom. The molecule has 0 saturated heterocycles. The largest absolute Gasteiger partial charge is 0.347 e. The zero-order valence-corrected chi connectivity index (χ0v) is 8.39. The lowest BCUT2D eigenvalue weighted by molar-refractivity contribution is -0.553. The predicted molar refractivity (Wildman–Crippen MR) is 56.7 cm³/mol. The van der Waals surface area contributed by atoms with Gasteiger partial charge in [-0.1, -0.05) is 30.3 Å². The summed E-state index contributed by atoms with van der Waals surface area (Å²) in [6, 6.07) is 8.27. The summed E-state index contributed by atoms with van der Waals surface area (Å²) in [5.74, 6) is 0. The van der Waals surface area contributed by atoms with Crippen LogP contribution in [-0.2, 0) is 0 Å². The van der Waals surface area contributed by atoms with Gasteiger partial charge in [0.15, 0.2) is 6.20 Å². The molecule has 0 aliphatic carbocycles. The molecule has 0 bridgehead atoms. The van der Waals surface area contributed by atoms with Gasteiger partial charge in [0, 0.05) is 10.4 Å². The minimum atomic E-state index is -0.834. The molecule has 0 aliphatic rings. The number of hydrogen-bond acceptors (Lipinski definition) is 5. The van der Waals surface area contributed by atoms with Crippen LogP contribution in [-0.4, -0.2) is 19.8 Å².